The highest BCUT2D eigenvalue weighted by Crippen LogP contribution is 2.18. The summed E-state index contributed by atoms with van der Waals surface area (Å²) in [5, 5.41) is 12.4. The fraction of sp³-hybridized carbons (Fsp3) is 0.917. The van der Waals surface area contributed by atoms with Crippen LogP contribution in [0.2, 0.25) is 0 Å². The van der Waals surface area contributed by atoms with Crippen LogP contribution in [-0.2, 0) is 4.74 Å². The molecule has 0 radical (unpaired) electrons. The van der Waals surface area contributed by atoms with Gasteiger partial charge in [-0.05, 0) is 40.0 Å². The number of hydrogen-bond acceptors (Lipinski definition) is 3. The third-order valence-corrected chi connectivity index (χ3v) is 2.62. The van der Waals surface area contributed by atoms with Crippen molar-refractivity contribution in [1.82, 2.24) is 5.32 Å². The highest BCUT2D eigenvalue weighted by molar-refractivity contribution is 5.68. The minimum absolute atomic E-state index is 0.0485. The first kappa shape index (κ1) is 13.3. The maximum absolute atomic E-state index is 11.5. The van der Waals surface area contributed by atoms with Gasteiger partial charge in [-0.2, -0.15) is 0 Å². The number of nitrogens with one attached hydrogen (secondary N) is 1. The number of alkyl carbamates (subject to hydrolysis) is 1. The summed E-state index contributed by atoms with van der Waals surface area (Å²) < 4.78 is 5.18. The Morgan fingerprint density at radius 1 is 1.31 bits per heavy atom. The molecule has 0 heterocycles. The number of amides is 1. The molecule has 0 aliphatic heterocycles. The number of ether oxygens (including phenoxy) is 1. The Bertz CT molecular complexity index is 235. The molecule has 1 amide bonds. The van der Waals surface area contributed by atoms with Crippen LogP contribution >= 0.6 is 0 Å². The molecule has 4 nitrogen and oxygen atoms in total. The second-order valence-corrected chi connectivity index (χ2v) is 5.52. The molecule has 1 rings (SSSR count). The molecule has 0 bridgehead atoms. The smallest absolute Gasteiger partial charge is 0.407 e. The summed E-state index contributed by atoms with van der Waals surface area (Å²) in [7, 11) is 0. The first-order chi connectivity index (χ1) is 7.37. The predicted octanol–water partition coefficient (Wildman–Crippen LogP) is 2.20. The van der Waals surface area contributed by atoms with E-state index in [-0.39, 0.29) is 18.2 Å². The Labute approximate surface area is 97.4 Å². The lowest BCUT2D eigenvalue weighted by atomic mass is 10.1. The topological polar surface area (TPSA) is 58.6 Å². The summed E-state index contributed by atoms with van der Waals surface area (Å²) >= 11 is 0. The Balaban J connectivity index is 2.37. The Kier molecular flexibility index (Phi) is 4.59. The van der Waals surface area contributed by atoms with Crippen LogP contribution in [0.4, 0.5) is 4.79 Å². The lowest BCUT2D eigenvalue weighted by molar-refractivity contribution is 0.0485. The quantitative estimate of drug-likeness (QED) is 0.678. The van der Waals surface area contributed by atoms with E-state index in [1.54, 1.807) is 0 Å². The average Bonchev–Trinajstić information content (AvgIpc) is 2.26. The molecule has 0 aromatic heterocycles. The van der Waals surface area contributed by atoms with Crippen molar-refractivity contribution in [3.63, 3.8) is 0 Å². The highest BCUT2D eigenvalue weighted by atomic mass is 16.6. The van der Waals surface area contributed by atoms with E-state index in [2.05, 4.69) is 5.32 Å². The minimum Gasteiger partial charge on any atom is -0.444 e. The Hall–Kier alpha value is -0.770. The summed E-state index contributed by atoms with van der Waals surface area (Å²) in [6.45, 7) is 5.53. The number of rotatable bonds is 1. The third-order valence-electron chi connectivity index (χ3n) is 2.62. The number of hydrogen-bond donors (Lipinski definition) is 2. The van der Waals surface area contributed by atoms with Gasteiger partial charge in [0.05, 0.1) is 6.10 Å². The van der Waals surface area contributed by atoms with Gasteiger partial charge in [0.2, 0.25) is 0 Å². The van der Waals surface area contributed by atoms with Crippen LogP contribution in [0.3, 0.4) is 0 Å². The fourth-order valence-electron chi connectivity index (χ4n) is 1.94. The van der Waals surface area contributed by atoms with Gasteiger partial charge in [-0.3, -0.25) is 0 Å². The van der Waals surface area contributed by atoms with Gasteiger partial charge in [0, 0.05) is 6.04 Å². The summed E-state index contributed by atoms with van der Waals surface area (Å²) in [4.78, 5) is 11.5. The zero-order valence-corrected chi connectivity index (χ0v) is 10.5. The van der Waals surface area contributed by atoms with Crippen molar-refractivity contribution >= 4 is 6.09 Å². The van der Waals surface area contributed by atoms with E-state index >= 15 is 0 Å². The average molecular weight is 229 g/mol. The standard InChI is InChI=1S/C12H23NO3/c1-12(2,3)16-11(15)13-9-6-4-5-7-10(14)8-9/h9-10,14H,4-8H2,1-3H3,(H,13,15)/t9?,10-/m1/s1. The van der Waals surface area contributed by atoms with Crippen molar-refractivity contribution in [3.8, 4) is 0 Å². The van der Waals surface area contributed by atoms with Crippen molar-refractivity contribution in [2.75, 3.05) is 0 Å². The summed E-state index contributed by atoms with van der Waals surface area (Å²) in [6.07, 6.45) is 3.82. The van der Waals surface area contributed by atoms with Crippen LogP contribution in [0.5, 0.6) is 0 Å². The van der Waals surface area contributed by atoms with Crippen LogP contribution in [0.1, 0.15) is 52.9 Å². The zero-order chi connectivity index (χ0) is 12.2. The first-order valence-electron chi connectivity index (χ1n) is 6.04. The molecule has 94 valence electrons. The maximum Gasteiger partial charge on any atom is 0.407 e. The molecule has 0 saturated heterocycles. The second kappa shape index (κ2) is 5.53. The molecule has 0 aromatic carbocycles. The second-order valence-electron chi connectivity index (χ2n) is 5.52. The van der Waals surface area contributed by atoms with E-state index in [4.69, 9.17) is 4.74 Å². The van der Waals surface area contributed by atoms with E-state index in [9.17, 15) is 9.90 Å². The molecule has 0 spiro atoms. The third kappa shape index (κ3) is 5.35. The molecule has 1 saturated carbocycles. The van der Waals surface area contributed by atoms with Gasteiger partial charge in [0.15, 0.2) is 0 Å². The molecule has 1 fully saturated rings. The first-order valence-corrected chi connectivity index (χ1v) is 6.04. The molecule has 2 N–H and O–H groups in total. The maximum atomic E-state index is 11.5. The monoisotopic (exact) mass is 229 g/mol. The molecule has 1 aliphatic rings. The molecule has 0 aromatic rings. The molecule has 16 heavy (non-hydrogen) atoms. The number of aliphatic hydroxyl groups excluding tert-OH is 1. The van der Waals surface area contributed by atoms with Crippen LogP contribution in [0, 0.1) is 0 Å². The lowest BCUT2D eigenvalue weighted by Gasteiger charge is -2.23. The number of carbonyl (C=O) groups excluding carboxylic acids is 1. The van der Waals surface area contributed by atoms with Crippen LogP contribution in [0.15, 0.2) is 0 Å². The van der Waals surface area contributed by atoms with E-state index in [1.807, 2.05) is 20.8 Å². The highest BCUT2D eigenvalue weighted by Gasteiger charge is 2.22. The normalized spacial score (nSPS) is 27.0. The molecule has 2 atom stereocenters. The van der Waals surface area contributed by atoms with E-state index < -0.39 is 5.60 Å². The van der Waals surface area contributed by atoms with Crippen LogP contribution in [-0.4, -0.2) is 28.9 Å². The molecule has 4 heteroatoms. The lowest BCUT2D eigenvalue weighted by Crippen LogP contribution is -2.40. The zero-order valence-electron chi connectivity index (χ0n) is 10.5. The molecular weight excluding hydrogens is 206 g/mol. The summed E-state index contributed by atoms with van der Waals surface area (Å²) in [5.41, 5.74) is -0.465. The SMILES string of the molecule is CC(C)(C)OC(=O)NC1CCCC[C@@H](O)C1. The minimum atomic E-state index is -0.465. The number of aliphatic hydroxyl groups is 1. The molecule has 1 unspecified atom stereocenters. The van der Waals surface area contributed by atoms with E-state index in [0.717, 1.165) is 25.7 Å². The van der Waals surface area contributed by atoms with E-state index in [0.29, 0.717) is 6.42 Å². The van der Waals surface area contributed by atoms with Crippen LogP contribution in [0.25, 0.3) is 0 Å². The fourth-order valence-corrected chi connectivity index (χ4v) is 1.94. The predicted molar refractivity (Wildman–Crippen MR) is 62.2 cm³/mol. The van der Waals surface area contributed by atoms with Crippen molar-refractivity contribution in [2.24, 2.45) is 0 Å². The van der Waals surface area contributed by atoms with Gasteiger partial charge in [0.25, 0.3) is 0 Å². The van der Waals surface area contributed by atoms with Crippen LogP contribution < -0.4 is 5.32 Å². The van der Waals surface area contributed by atoms with Gasteiger partial charge in [-0.1, -0.05) is 12.8 Å². The molecular formula is C12H23NO3. The largest absolute Gasteiger partial charge is 0.444 e. The van der Waals surface area contributed by atoms with Crippen molar-refractivity contribution < 1.29 is 14.6 Å². The van der Waals surface area contributed by atoms with Gasteiger partial charge < -0.3 is 15.2 Å². The van der Waals surface area contributed by atoms with Crippen molar-refractivity contribution in [1.29, 1.82) is 0 Å². The van der Waals surface area contributed by atoms with Crippen molar-refractivity contribution in [3.05, 3.63) is 0 Å². The Morgan fingerprint density at radius 3 is 2.56 bits per heavy atom. The van der Waals surface area contributed by atoms with E-state index in [1.165, 1.54) is 0 Å². The number of carbonyl (C=O) groups is 1. The van der Waals surface area contributed by atoms with Crippen molar-refractivity contribution in [2.45, 2.75) is 70.6 Å². The van der Waals surface area contributed by atoms with Gasteiger partial charge in [-0.25, -0.2) is 4.79 Å². The van der Waals surface area contributed by atoms with Gasteiger partial charge in [-0.15, -0.1) is 0 Å². The summed E-state index contributed by atoms with van der Waals surface area (Å²) in [6, 6.07) is 0.0485. The van der Waals surface area contributed by atoms with Gasteiger partial charge in [0.1, 0.15) is 5.60 Å². The summed E-state index contributed by atoms with van der Waals surface area (Å²) in [5.74, 6) is 0. The molecule has 1 aliphatic carbocycles. The Morgan fingerprint density at radius 2 is 1.94 bits per heavy atom. The van der Waals surface area contributed by atoms with Gasteiger partial charge >= 0.3 is 6.09 Å².